The predicted octanol–water partition coefficient (Wildman–Crippen LogP) is 4.51. The Bertz CT molecular complexity index is 1070. The molecule has 0 saturated carbocycles. The molecule has 2 N–H and O–H groups in total. The summed E-state index contributed by atoms with van der Waals surface area (Å²) in [5.41, 5.74) is 3.29. The van der Waals surface area contributed by atoms with Crippen LogP contribution in [0, 0.1) is 0 Å². The molecule has 0 saturated heterocycles. The van der Waals surface area contributed by atoms with Gasteiger partial charge < -0.3 is 19.3 Å². The quantitative estimate of drug-likeness (QED) is 0.391. The Hall–Kier alpha value is -3.74. The minimum Gasteiger partial charge on any atom is -0.507 e. The van der Waals surface area contributed by atoms with Crippen molar-refractivity contribution in [1.29, 1.82) is 0 Å². The smallest absolute Gasteiger partial charge is 0.271 e. The fourth-order valence-corrected chi connectivity index (χ4v) is 3.12. The van der Waals surface area contributed by atoms with Gasteiger partial charge in [-0.3, -0.25) is 4.79 Å². The SMILES string of the molecule is CCOc1cc(C(=O)NN=Cc2ccc3ccccc3c2O)cc(OCC)c1OCC. The Labute approximate surface area is 181 Å². The van der Waals surface area contributed by atoms with Crippen LogP contribution in [-0.2, 0) is 0 Å². The van der Waals surface area contributed by atoms with Gasteiger partial charge in [0.05, 0.1) is 26.0 Å². The van der Waals surface area contributed by atoms with Gasteiger partial charge in [-0.05, 0) is 44.4 Å². The number of phenolic OH excluding ortho intramolecular Hbond substituents is 1. The van der Waals surface area contributed by atoms with Crippen LogP contribution in [0.2, 0.25) is 0 Å². The molecule has 7 heteroatoms. The zero-order valence-corrected chi connectivity index (χ0v) is 17.8. The third-order valence-electron chi connectivity index (χ3n) is 4.47. The zero-order chi connectivity index (χ0) is 22.2. The van der Waals surface area contributed by atoms with Gasteiger partial charge in [-0.15, -0.1) is 0 Å². The summed E-state index contributed by atoms with van der Waals surface area (Å²) in [6.45, 7) is 6.83. The molecule has 1 amide bonds. The van der Waals surface area contributed by atoms with E-state index in [-0.39, 0.29) is 5.75 Å². The molecular weight excluding hydrogens is 396 g/mol. The van der Waals surface area contributed by atoms with Gasteiger partial charge in [0.1, 0.15) is 5.75 Å². The highest BCUT2D eigenvalue weighted by Crippen LogP contribution is 2.39. The summed E-state index contributed by atoms with van der Waals surface area (Å²) in [5.74, 6) is 0.983. The topological polar surface area (TPSA) is 89.4 Å². The van der Waals surface area contributed by atoms with Crippen molar-refractivity contribution in [3.8, 4) is 23.0 Å². The molecule has 0 aliphatic carbocycles. The summed E-state index contributed by atoms with van der Waals surface area (Å²) in [6, 6.07) is 14.3. The molecule has 0 bridgehead atoms. The lowest BCUT2D eigenvalue weighted by molar-refractivity contribution is 0.0954. The molecule has 0 radical (unpaired) electrons. The number of hydrogen-bond acceptors (Lipinski definition) is 6. The summed E-state index contributed by atoms with van der Waals surface area (Å²) in [5, 5.41) is 16.1. The molecule has 0 aliphatic rings. The first-order chi connectivity index (χ1) is 15.1. The van der Waals surface area contributed by atoms with Crippen LogP contribution in [0.15, 0.2) is 53.6 Å². The Morgan fingerprint density at radius 2 is 1.61 bits per heavy atom. The van der Waals surface area contributed by atoms with E-state index in [0.717, 1.165) is 5.39 Å². The number of hydrogen-bond donors (Lipinski definition) is 2. The largest absolute Gasteiger partial charge is 0.507 e. The Balaban J connectivity index is 1.83. The maximum atomic E-state index is 12.7. The molecule has 0 spiro atoms. The van der Waals surface area contributed by atoms with Gasteiger partial charge in [0.15, 0.2) is 11.5 Å². The number of benzene rings is 3. The second kappa shape index (κ2) is 10.3. The van der Waals surface area contributed by atoms with Gasteiger partial charge in [0.2, 0.25) is 5.75 Å². The van der Waals surface area contributed by atoms with E-state index >= 15 is 0 Å². The van der Waals surface area contributed by atoms with E-state index in [1.807, 2.05) is 51.1 Å². The average Bonchev–Trinajstić information content (AvgIpc) is 2.77. The van der Waals surface area contributed by atoms with E-state index in [0.29, 0.717) is 53.6 Å². The second-order valence-corrected chi connectivity index (χ2v) is 6.52. The lowest BCUT2D eigenvalue weighted by Gasteiger charge is -2.16. The monoisotopic (exact) mass is 422 g/mol. The van der Waals surface area contributed by atoms with E-state index in [1.54, 1.807) is 18.2 Å². The molecule has 0 atom stereocenters. The number of aromatic hydroxyl groups is 1. The standard InChI is InChI=1S/C24H26N2O5/c1-4-29-20-13-18(14-21(30-5-2)23(20)31-6-3)24(28)26-25-15-17-12-11-16-9-7-8-10-19(16)22(17)27/h7-15,27H,4-6H2,1-3H3,(H,26,28). The van der Waals surface area contributed by atoms with Crippen molar-refractivity contribution in [3.05, 3.63) is 59.7 Å². The molecule has 0 aliphatic heterocycles. The highest BCUT2D eigenvalue weighted by Gasteiger charge is 2.18. The van der Waals surface area contributed by atoms with Crippen LogP contribution in [0.25, 0.3) is 10.8 Å². The number of ether oxygens (including phenoxy) is 3. The molecule has 0 heterocycles. The molecular formula is C24H26N2O5. The van der Waals surface area contributed by atoms with Crippen molar-refractivity contribution < 1.29 is 24.1 Å². The van der Waals surface area contributed by atoms with Crippen LogP contribution in [-0.4, -0.2) is 37.0 Å². The highest BCUT2D eigenvalue weighted by atomic mass is 16.5. The summed E-state index contributed by atoms with van der Waals surface area (Å²) in [6.07, 6.45) is 1.40. The van der Waals surface area contributed by atoms with Crippen molar-refractivity contribution in [2.75, 3.05) is 19.8 Å². The minimum absolute atomic E-state index is 0.106. The van der Waals surface area contributed by atoms with Crippen LogP contribution in [0.3, 0.4) is 0 Å². The lowest BCUT2D eigenvalue weighted by Crippen LogP contribution is -2.18. The summed E-state index contributed by atoms with van der Waals surface area (Å²) < 4.78 is 16.9. The second-order valence-electron chi connectivity index (χ2n) is 6.52. The van der Waals surface area contributed by atoms with E-state index in [4.69, 9.17) is 14.2 Å². The van der Waals surface area contributed by atoms with Crippen molar-refractivity contribution in [3.63, 3.8) is 0 Å². The first-order valence-electron chi connectivity index (χ1n) is 10.2. The zero-order valence-electron chi connectivity index (χ0n) is 17.8. The fraction of sp³-hybridized carbons (Fsp3) is 0.250. The maximum Gasteiger partial charge on any atom is 0.271 e. The number of hydrazone groups is 1. The van der Waals surface area contributed by atoms with E-state index in [2.05, 4.69) is 10.5 Å². The number of carbonyl (C=O) groups is 1. The molecule has 3 aromatic carbocycles. The molecule has 7 nitrogen and oxygen atoms in total. The molecule has 3 rings (SSSR count). The van der Waals surface area contributed by atoms with Gasteiger partial charge in [-0.2, -0.15) is 5.10 Å². The molecule has 0 unspecified atom stereocenters. The number of phenols is 1. The van der Waals surface area contributed by atoms with E-state index < -0.39 is 5.91 Å². The fourth-order valence-electron chi connectivity index (χ4n) is 3.12. The number of amides is 1. The minimum atomic E-state index is -0.443. The number of nitrogens with one attached hydrogen (secondary N) is 1. The number of nitrogens with zero attached hydrogens (tertiary/aromatic N) is 1. The van der Waals surface area contributed by atoms with Crippen LogP contribution in [0.1, 0.15) is 36.7 Å². The first kappa shape index (κ1) is 22.0. The van der Waals surface area contributed by atoms with Crippen LogP contribution in [0.5, 0.6) is 23.0 Å². The van der Waals surface area contributed by atoms with Gasteiger partial charge >= 0.3 is 0 Å². The normalized spacial score (nSPS) is 10.9. The van der Waals surface area contributed by atoms with Crippen LogP contribution >= 0.6 is 0 Å². The third kappa shape index (κ3) is 5.06. The summed E-state index contributed by atoms with van der Waals surface area (Å²) >= 11 is 0. The van der Waals surface area contributed by atoms with Crippen molar-refractivity contribution >= 4 is 22.9 Å². The molecule has 3 aromatic rings. The van der Waals surface area contributed by atoms with E-state index in [9.17, 15) is 9.90 Å². The predicted molar refractivity (Wildman–Crippen MR) is 121 cm³/mol. The lowest BCUT2D eigenvalue weighted by atomic mass is 10.1. The summed E-state index contributed by atoms with van der Waals surface area (Å²) in [7, 11) is 0. The molecule has 162 valence electrons. The number of rotatable bonds is 9. The highest BCUT2D eigenvalue weighted by molar-refractivity contribution is 5.99. The maximum absolute atomic E-state index is 12.7. The molecule has 0 fully saturated rings. The van der Waals surface area contributed by atoms with Crippen LogP contribution in [0.4, 0.5) is 0 Å². The average molecular weight is 422 g/mol. The van der Waals surface area contributed by atoms with Gasteiger partial charge in [0, 0.05) is 16.5 Å². The van der Waals surface area contributed by atoms with Gasteiger partial charge in [-0.25, -0.2) is 5.43 Å². The van der Waals surface area contributed by atoms with Crippen molar-refractivity contribution in [2.24, 2.45) is 5.10 Å². The molecule has 0 aromatic heterocycles. The Kier molecular flexibility index (Phi) is 7.32. The van der Waals surface area contributed by atoms with E-state index in [1.165, 1.54) is 6.21 Å². The third-order valence-corrected chi connectivity index (χ3v) is 4.47. The Morgan fingerprint density at radius 1 is 0.968 bits per heavy atom. The van der Waals surface area contributed by atoms with Gasteiger partial charge in [0.25, 0.3) is 5.91 Å². The summed E-state index contributed by atoms with van der Waals surface area (Å²) in [4.78, 5) is 12.7. The van der Waals surface area contributed by atoms with Gasteiger partial charge in [-0.1, -0.05) is 30.3 Å². The Morgan fingerprint density at radius 3 is 2.26 bits per heavy atom. The number of carbonyl (C=O) groups excluding carboxylic acids is 1. The first-order valence-corrected chi connectivity index (χ1v) is 10.2. The number of fused-ring (bicyclic) bond motifs is 1. The van der Waals surface area contributed by atoms with Crippen LogP contribution < -0.4 is 19.6 Å². The van der Waals surface area contributed by atoms with Crippen molar-refractivity contribution in [2.45, 2.75) is 20.8 Å². The van der Waals surface area contributed by atoms with Crippen molar-refractivity contribution in [1.82, 2.24) is 5.43 Å². The molecule has 31 heavy (non-hydrogen) atoms.